The number of carboxylic acids is 1. The summed E-state index contributed by atoms with van der Waals surface area (Å²) < 4.78 is 33.9. The molecule has 0 amide bonds. The van der Waals surface area contributed by atoms with Gasteiger partial charge in [0.2, 0.25) is 0 Å². The Morgan fingerprint density at radius 1 is 1.34 bits per heavy atom. The highest BCUT2D eigenvalue weighted by Gasteiger charge is 2.38. The number of halogens is 3. The number of alkyl halides is 3. The monoisotopic (exact) mass is 409 g/mol. The van der Waals surface area contributed by atoms with Crippen molar-refractivity contribution < 1.29 is 23.1 Å². The van der Waals surface area contributed by atoms with Gasteiger partial charge in [0.05, 0.1) is 17.9 Å². The summed E-state index contributed by atoms with van der Waals surface area (Å²) in [6, 6.07) is 2.54. The van der Waals surface area contributed by atoms with Crippen molar-refractivity contribution in [1.29, 1.82) is 0 Å². The molecule has 0 aliphatic heterocycles. The summed E-state index contributed by atoms with van der Waals surface area (Å²) in [5, 5.41) is 12.8. The van der Waals surface area contributed by atoms with Gasteiger partial charge < -0.3 is 10.1 Å². The van der Waals surface area contributed by atoms with Crippen LogP contribution in [0.2, 0.25) is 0 Å². The van der Waals surface area contributed by atoms with Crippen molar-refractivity contribution >= 4 is 17.0 Å². The number of nitrogens with one attached hydrogen (secondary N) is 1. The number of hydrogen-bond donors (Lipinski definition) is 2. The summed E-state index contributed by atoms with van der Waals surface area (Å²) in [5.74, 6) is -1.98. The van der Waals surface area contributed by atoms with Crippen molar-refractivity contribution in [2.24, 2.45) is 5.92 Å². The summed E-state index contributed by atoms with van der Waals surface area (Å²) in [6.07, 6.45) is 9.06. The van der Waals surface area contributed by atoms with Gasteiger partial charge in [-0.15, -0.1) is 0 Å². The van der Waals surface area contributed by atoms with Gasteiger partial charge in [0.25, 0.3) is 0 Å². The first-order chi connectivity index (χ1) is 13.8. The lowest BCUT2D eigenvalue weighted by Crippen LogP contribution is -2.21. The van der Waals surface area contributed by atoms with Crippen LogP contribution in [0.4, 0.5) is 13.2 Å². The minimum atomic E-state index is -5.08. The maximum atomic E-state index is 10.6. The fourth-order valence-electron chi connectivity index (χ4n) is 3.82. The predicted octanol–water partition coefficient (Wildman–Crippen LogP) is 4.60. The highest BCUT2D eigenvalue weighted by molar-refractivity contribution is 5.89. The van der Waals surface area contributed by atoms with Gasteiger partial charge in [-0.3, -0.25) is 4.68 Å². The standard InChI is InChI=1S/C17H21N5.C2HF3O2/c1-2-15(12-5-3-4-6-12)22-10-13(9-21-22)16-14-7-8-18-17(14)20-11-19-16;3-2(4,5)1(6)7/h7-12,15H,2-6H2,1H3,(H,18,19,20);(H,6,7). The van der Waals surface area contributed by atoms with E-state index in [9.17, 15) is 13.2 Å². The van der Waals surface area contributed by atoms with Crippen molar-refractivity contribution in [2.45, 2.75) is 51.2 Å². The zero-order chi connectivity index (χ0) is 21.0. The number of carboxylic acid groups (broad SMARTS) is 1. The number of carbonyl (C=O) groups is 1. The highest BCUT2D eigenvalue weighted by atomic mass is 19.4. The molecule has 1 saturated carbocycles. The van der Waals surface area contributed by atoms with Gasteiger partial charge in [0, 0.05) is 23.3 Å². The van der Waals surface area contributed by atoms with Crippen LogP contribution in [-0.4, -0.2) is 42.0 Å². The Morgan fingerprint density at radius 3 is 2.66 bits per heavy atom. The van der Waals surface area contributed by atoms with Crippen molar-refractivity contribution in [1.82, 2.24) is 24.7 Å². The lowest BCUT2D eigenvalue weighted by molar-refractivity contribution is -0.192. The Morgan fingerprint density at radius 2 is 2.03 bits per heavy atom. The van der Waals surface area contributed by atoms with E-state index < -0.39 is 12.1 Å². The Hall–Kier alpha value is -2.91. The highest BCUT2D eigenvalue weighted by Crippen LogP contribution is 2.36. The van der Waals surface area contributed by atoms with Crippen molar-refractivity contribution in [3.63, 3.8) is 0 Å². The van der Waals surface area contributed by atoms with Crippen LogP contribution in [0.1, 0.15) is 45.1 Å². The fraction of sp³-hybridized carbons (Fsp3) is 0.474. The Labute approximate surface area is 165 Å². The average Bonchev–Trinajstić information content (AvgIpc) is 3.43. The molecule has 3 aromatic heterocycles. The van der Waals surface area contributed by atoms with E-state index in [1.54, 1.807) is 6.33 Å². The minimum Gasteiger partial charge on any atom is -0.475 e. The van der Waals surface area contributed by atoms with E-state index in [1.807, 2.05) is 18.5 Å². The molecule has 156 valence electrons. The second kappa shape index (κ2) is 8.62. The number of rotatable bonds is 4. The number of aromatic amines is 1. The van der Waals surface area contributed by atoms with E-state index in [4.69, 9.17) is 9.90 Å². The second-order valence-corrected chi connectivity index (χ2v) is 6.99. The first kappa shape index (κ1) is 20.8. The average molecular weight is 409 g/mol. The van der Waals surface area contributed by atoms with Crippen LogP contribution in [0, 0.1) is 5.92 Å². The zero-order valence-electron chi connectivity index (χ0n) is 15.9. The van der Waals surface area contributed by atoms with Crippen LogP contribution in [0.5, 0.6) is 0 Å². The molecule has 7 nitrogen and oxygen atoms in total. The van der Waals surface area contributed by atoms with Crippen LogP contribution in [-0.2, 0) is 4.79 Å². The van der Waals surface area contributed by atoms with E-state index in [0.29, 0.717) is 6.04 Å². The number of hydrogen-bond acceptors (Lipinski definition) is 4. The third kappa shape index (κ3) is 4.75. The van der Waals surface area contributed by atoms with Gasteiger partial charge in [-0.2, -0.15) is 18.3 Å². The molecule has 0 aromatic carbocycles. The van der Waals surface area contributed by atoms with Crippen LogP contribution >= 0.6 is 0 Å². The van der Waals surface area contributed by atoms with Gasteiger partial charge in [-0.05, 0) is 31.2 Å². The SMILES string of the molecule is CCC(C1CCCC1)n1cc(-c2ncnc3[nH]ccc23)cn1.O=C(O)C(F)(F)F. The molecule has 1 fully saturated rings. The van der Waals surface area contributed by atoms with Gasteiger partial charge in [0.1, 0.15) is 12.0 Å². The molecule has 0 spiro atoms. The number of aromatic nitrogens is 5. The van der Waals surface area contributed by atoms with E-state index in [-0.39, 0.29) is 0 Å². The molecule has 0 saturated heterocycles. The van der Waals surface area contributed by atoms with E-state index in [1.165, 1.54) is 25.7 Å². The second-order valence-electron chi connectivity index (χ2n) is 6.99. The van der Waals surface area contributed by atoms with Crippen molar-refractivity contribution in [2.75, 3.05) is 0 Å². The van der Waals surface area contributed by atoms with Crippen molar-refractivity contribution in [3.05, 3.63) is 31.0 Å². The normalized spacial score (nSPS) is 15.9. The van der Waals surface area contributed by atoms with Crippen molar-refractivity contribution in [3.8, 4) is 11.3 Å². The molecule has 1 aliphatic carbocycles. The predicted molar refractivity (Wildman–Crippen MR) is 100 cm³/mol. The van der Waals surface area contributed by atoms with Gasteiger partial charge >= 0.3 is 12.1 Å². The van der Waals surface area contributed by atoms with E-state index in [0.717, 1.165) is 34.6 Å². The summed E-state index contributed by atoms with van der Waals surface area (Å²) in [6.45, 7) is 2.26. The van der Waals surface area contributed by atoms with Crippen LogP contribution < -0.4 is 0 Å². The molecule has 3 heterocycles. The molecule has 3 aromatic rings. The molecule has 29 heavy (non-hydrogen) atoms. The van der Waals surface area contributed by atoms with Crippen LogP contribution in [0.15, 0.2) is 31.0 Å². The molecule has 0 radical (unpaired) electrons. The summed E-state index contributed by atoms with van der Waals surface area (Å²) in [7, 11) is 0. The lowest BCUT2D eigenvalue weighted by Gasteiger charge is -2.22. The summed E-state index contributed by atoms with van der Waals surface area (Å²) in [5.41, 5.74) is 2.91. The van der Waals surface area contributed by atoms with Gasteiger partial charge in [-0.1, -0.05) is 19.8 Å². The Kier molecular flexibility index (Phi) is 6.19. The van der Waals surface area contributed by atoms with Gasteiger partial charge in [0.15, 0.2) is 0 Å². The molecule has 2 N–H and O–H groups in total. The first-order valence-electron chi connectivity index (χ1n) is 9.44. The molecule has 1 aliphatic rings. The van der Waals surface area contributed by atoms with Crippen LogP contribution in [0.25, 0.3) is 22.3 Å². The third-order valence-corrected chi connectivity index (χ3v) is 5.17. The quantitative estimate of drug-likeness (QED) is 0.657. The Bertz CT molecular complexity index is 960. The maximum Gasteiger partial charge on any atom is 0.490 e. The minimum absolute atomic E-state index is 0.514. The first-order valence-corrected chi connectivity index (χ1v) is 9.44. The molecule has 1 unspecified atom stereocenters. The van der Waals surface area contributed by atoms with Gasteiger partial charge in [-0.25, -0.2) is 14.8 Å². The number of nitrogens with zero attached hydrogens (tertiary/aromatic N) is 4. The molecule has 4 rings (SSSR count). The molecule has 1 atom stereocenters. The molecular weight excluding hydrogens is 387 g/mol. The van der Waals surface area contributed by atoms with E-state index in [2.05, 4.69) is 37.9 Å². The maximum absolute atomic E-state index is 10.6. The lowest BCUT2D eigenvalue weighted by atomic mass is 9.96. The molecule has 0 bridgehead atoms. The molecule has 10 heteroatoms. The largest absolute Gasteiger partial charge is 0.490 e. The third-order valence-electron chi connectivity index (χ3n) is 5.17. The number of H-pyrrole nitrogens is 1. The number of fused-ring (bicyclic) bond motifs is 1. The fourth-order valence-corrected chi connectivity index (χ4v) is 3.82. The Balaban J connectivity index is 0.000000298. The zero-order valence-corrected chi connectivity index (χ0v) is 15.9. The van der Waals surface area contributed by atoms with E-state index >= 15 is 0 Å². The van der Waals surface area contributed by atoms with Crippen LogP contribution in [0.3, 0.4) is 0 Å². The smallest absolute Gasteiger partial charge is 0.475 e. The topological polar surface area (TPSA) is 96.7 Å². The summed E-state index contributed by atoms with van der Waals surface area (Å²) in [4.78, 5) is 20.7. The molecular formula is C19H22F3N5O2. The number of aliphatic carboxylic acids is 1. The summed E-state index contributed by atoms with van der Waals surface area (Å²) >= 11 is 0.